The van der Waals surface area contributed by atoms with Gasteiger partial charge >= 0.3 is 0 Å². The number of furan rings is 1. The maximum atomic E-state index is 12.6. The quantitative estimate of drug-likeness (QED) is 0.730. The lowest BCUT2D eigenvalue weighted by Crippen LogP contribution is -2.41. The number of piperidine rings is 1. The average Bonchev–Trinajstić information content (AvgIpc) is 3.30. The van der Waals surface area contributed by atoms with E-state index >= 15 is 0 Å². The molecule has 25 heavy (non-hydrogen) atoms. The molecule has 0 unspecified atom stereocenters. The number of amides is 1. The molecule has 1 aliphatic heterocycles. The molecule has 0 atom stereocenters. The number of para-hydroxylation sites is 2. The Bertz CT molecular complexity index is 815. The fraction of sp³-hybridized carbons (Fsp3) is 0.368. The number of oxazole rings is 1. The molecule has 0 N–H and O–H groups in total. The second-order valence-electron chi connectivity index (χ2n) is 6.50. The summed E-state index contributed by atoms with van der Waals surface area (Å²) in [6.45, 7) is 2.06. The summed E-state index contributed by atoms with van der Waals surface area (Å²) in [7, 11) is 1.83. The molecule has 1 saturated heterocycles. The van der Waals surface area contributed by atoms with Crippen LogP contribution in [-0.4, -0.2) is 35.9 Å². The first-order valence-electron chi connectivity index (χ1n) is 8.58. The largest absolute Gasteiger partial charge is 0.467 e. The third-order valence-electron chi connectivity index (χ3n) is 4.75. The van der Waals surface area contributed by atoms with Crippen LogP contribution in [0.15, 0.2) is 51.5 Å². The summed E-state index contributed by atoms with van der Waals surface area (Å²) in [4.78, 5) is 21.0. The number of rotatable bonds is 4. The summed E-state index contributed by atoms with van der Waals surface area (Å²) >= 11 is 0. The van der Waals surface area contributed by atoms with Gasteiger partial charge in [0.05, 0.1) is 12.8 Å². The minimum absolute atomic E-state index is 0.0422. The lowest BCUT2D eigenvalue weighted by atomic mass is 9.95. The van der Waals surface area contributed by atoms with E-state index in [0.29, 0.717) is 12.6 Å². The van der Waals surface area contributed by atoms with Crippen molar-refractivity contribution >= 4 is 23.0 Å². The highest BCUT2D eigenvalue weighted by Gasteiger charge is 2.29. The molecule has 3 heterocycles. The van der Waals surface area contributed by atoms with E-state index in [2.05, 4.69) is 9.88 Å². The standard InChI is InChI=1S/C19H21N3O3/c1-21(13-15-5-4-12-24-15)18(23)14-8-10-22(11-9-14)19-20-16-6-2-3-7-17(16)25-19/h2-7,12,14H,8-11,13H2,1H3. The van der Waals surface area contributed by atoms with E-state index in [-0.39, 0.29) is 11.8 Å². The molecule has 6 nitrogen and oxygen atoms in total. The SMILES string of the molecule is CN(Cc1ccco1)C(=O)C1CCN(c2nc3ccccc3o2)CC1. The lowest BCUT2D eigenvalue weighted by molar-refractivity contribution is -0.135. The second-order valence-corrected chi connectivity index (χ2v) is 6.50. The summed E-state index contributed by atoms with van der Waals surface area (Å²) in [5.74, 6) is 1.02. The highest BCUT2D eigenvalue weighted by atomic mass is 16.4. The van der Waals surface area contributed by atoms with Gasteiger partial charge in [0.15, 0.2) is 5.58 Å². The predicted molar refractivity (Wildman–Crippen MR) is 94.1 cm³/mol. The Morgan fingerprint density at radius 3 is 2.76 bits per heavy atom. The number of benzene rings is 1. The van der Waals surface area contributed by atoms with Crippen molar-refractivity contribution in [2.45, 2.75) is 19.4 Å². The van der Waals surface area contributed by atoms with Gasteiger partial charge in [-0.2, -0.15) is 4.98 Å². The Hall–Kier alpha value is -2.76. The Morgan fingerprint density at radius 2 is 2.04 bits per heavy atom. The first-order chi connectivity index (χ1) is 12.2. The van der Waals surface area contributed by atoms with Gasteiger partial charge in [0, 0.05) is 26.1 Å². The van der Waals surface area contributed by atoms with Crippen molar-refractivity contribution < 1.29 is 13.6 Å². The van der Waals surface area contributed by atoms with Crippen molar-refractivity contribution in [1.82, 2.24) is 9.88 Å². The van der Waals surface area contributed by atoms with Crippen molar-refractivity contribution in [3.8, 4) is 0 Å². The molecule has 0 aliphatic carbocycles. The van der Waals surface area contributed by atoms with Crippen molar-refractivity contribution in [2.24, 2.45) is 5.92 Å². The monoisotopic (exact) mass is 339 g/mol. The van der Waals surface area contributed by atoms with E-state index in [4.69, 9.17) is 8.83 Å². The van der Waals surface area contributed by atoms with Crippen molar-refractivity contribution in [3.63, 3.8) is 0 Å². The molecule has 4 rings (SSSR count). The van der Waals surface area contributed by atoms with Gasteiger partial charge in [0.25, 0.3) is 6.01 Å². The fourth-order valence-electron chi connectivity index (χ4n) is 3.34. The Labute approximate surface area is 146 Å². The minimum Gasteiger partial charge on any atom is -0.467 e. The van der Waals surface area contributed by atoms with Crippen molar-refractivity contribution in [3.05, 3.63) is 48.4 Å². The topological polar surface area (TPSA) is 62.7 Å². The van der Waals surface area contributed by atoms with Crippen LogP contribution in [0.2, 0.25) is 0 Å². The Morgan fingerprint density at radius 1 is 1.24 bits per heavy atom. The van der Waals surface area contributed by atoms with Gasteiger partial charge in [-0.25, -0.2) is 0 Å². The molecule has 0 saturated carbocycles. The molecule has 1 fully saturated rings. The lowest BCUT2D eigenvalue weighted by Gasteiger charge is -2.32. The summed E-state index contributed by atoms with van der Waals surface area (Å²) < 4.78 is 11.2. The van der Waals surface area contributed by atoms with Gasteiger partial charge < -0.3 is 18.6 Å². The van der Waals surface area contributed by atoms with Crippen molar-refractivity contribution in [1.29, 1.82) is 0 Å². The molecular formula is C19H21N3O3. The van der Waals surface area contributed by atoms with Crippen LogP contribution in [0.4, 0.5) is 6.01 Å². The summed E-state index contributed by atoms with van der Waals surface area (Å²) in [6, 6.07) is 12.1. The van der Waals surface area contributed by atoms with Gasteiger partial charge in [-0.15, -0.1) is 0 Å². The van der Waals surface area contributed by atoms with Crippen molar-refractivity contribution in [2.75, 3.05) is 25.0 Å². The Balaban J connectivity index is 1.36. The molecule has 0 bridgehead atoms. The van der Waals surface area contributed by atoms with E-state index in [9.17, 15) is 4.79 Å². The smallest absolute Gasteiger partial charge is 0.298 e. The molecule has 130 valence electrons. The van der Waals surface area contributed by atoms with E-state index in [1.165, 1.54) is 0 Å². The molecule has 1 amide bonds. The highest BCUT2D eigenvalue weighted by molar-refractivity contribution is 5.79. The number of hydrogen-bond acceptors (Lipinski definition) is 5. The molecule has 2 aromatic heterocycles. The van der Waals surface area contributed by atoms with Gasteiger partial charge in [0.2, 0.25) is 5.91 Å². The van der Waals surface area contributed by atoms with Crippen LogP contribution in [0, 0.1) is 5.92 Å². The normalized spacial score (nSPS) is 15.6. The predicted octanol–water partition coefficient (Wildman–Crippen LogP) is 3.30. The van der Waals surface area contributed by atoms with Crippen LogP contribution >= 0.6 is 0 Å². The molecule has 1 aromatic carbocycles. The molecule has 1 aliphatic rings. The zero-order chi connectivity index (χ0) is 17.2. The number of anilines is 1. The van der Waals surface area contributed by atoms with E-state index < -0.39 is 0 Å². The average molecular weight is 339 g/mol. The number of hydrogen-bond donors (Lipinski definition) is 0. The van der Waals surface area contributed by atoms with Crippen LogP contribution in [0.25, 0.3) is 11.1 Å². The van der Waals surface area contributed by atoms with Crippen LogP contribution < -0.4 is 4.90 Å². The fourth-order valence-corrected chi connectivity index (χ4v) is 3.34. The van der Waals surface area contributed by atoms with Gasteiger partial charge in [-0.3, -0.25) is 4.79 Å². The van der Waals surface area contributed by atoms with Crippen LogP contribution in [0.1, 0.15) is 18.6 Å². The Kier molecular flexibility index (Phi) is 4.17. The molecule has 0 radical (unpaired) electrons. The van der Waals surface area contributed by atoms with E-state index in [1.807, 2.05) is 43.4 Å². The van der Waals surface area contributed by atoms with Crippen LogP contribution in [-0.2, 0) is 11.3 Å². The second kappa shape index (κ2) is 6.63. The van der Waals surface area contributed by atoms with E-state index in [1.54, 1.807) is 11.2 Å². The first kappa shape index (κ1) is 15.7. The molecule has 6 heteroatoms. The van der Waals surface area contributed by atoms with Gasteiger partial charge in [0.1, 0.15) is 11.3 Å². The number of nitrogens with zero attached hydrogens (tertiary/aromatic N) is 3. The number of carbonyl (C=O) groups excluding carboxylic acids is 1. The maximum absolute atomic E-state index is 12.6. The minimum atomic E-state index is 0.0422. The third-order valence-corrected chi connectivity index (χ3v) is 4.75. The number of carbonyl (C=O) groups is 1. The zero-order valence-corrected chi connectivity index (χ0v) is 14.2. The number of fused-ring (bicyclic) bond motifs is 1. The van der Waals surface area contributed by atoms with Crippen LogP contribution in [0.5, 0.6) is 0 Å². The van der Waals surface area contributed by atoms with Crippen LogP contribution in [0.3, 0.4) is 0 Å². The maximum Gasteiger partial charge on any atom is 0.298 e. The molecule has 0 spiro atoms. The van der Waals surface area contributed by atoms with E-state index in [0.717, 1.165) is 42.8 Å². The number of aromatic nitrogens is 1. The van der Waals surface area contributed by atoms with Gasteiger partial charge in [-0.1, -0.05) is 12.1 Å². The summed E-state index contributed by atoms with van der Waals surface area (Å²) in [6.07, 6.45) is 3.24. The molecular weight excluding hydrogens is 318 g/mol. The zero-order valence-electron chi connectivity index (χ0n) is 14.2. The summed E-state index contributed by atoms with van der Waals surface area (Å²) in [5, 5.41) is 0. The highest BCUT2D eigenvalue weighted by Crippen LogP contribution is 2.27. The summed E-state index contributed by atoms with van der Waals surface area (Å²) in [5.41, 5.74) is 1.67. The third kappa shape index (κ3) is 3.24. The van der Waals surface area contributed by atoms with Gasteiger partial charge in [-0.05, 0) is 37.1 Å². The molecule has 3 aromatic rings. The first-order valence-corrected chi connectivity index (χ1v) is 8.58.